The second-order valence-electron chi connectivity index (χ2n) is 3.73. The molecule has 1 aromatic carbocycles. The predicted octanol–water partition coefficient (Wildman–Crippen LogP) is 3.28. The molecule has 0 aliphatic carbocycles. The van der Waals surface area contributed by atoms with Crippen LogP contribution in [0.5, 0.6) is 0 Å². The molecule has 6 heteroatoms. The minimum atomic E-state index is -1.04. The van der Waals surface area contributed by atoms with Gasteiger partial charge in [-0.05, 0) is 18.2 Å². The molecule has 2 aromatic heterocycles. The van der Waals surface area contributed by atoms with E-state index in [0.717, 1.165) is 9.86 Å². The first kappa shape index (κ1) is 11.0. The fourth-order valence-corrected chi connectivity index (χ4v) is 2.25. The third-order valence-corrected chi connectivity index (χ3v) is 3.32. The van der Waals surface area contributed by atoms with Crippen LogP contribution in [0.15, 0.2) is 39.4 Å². The van der Waals surface area contributed by atoms with Gasteiger partial charge in [0.15, 0.2) is 5.76 Å². The number of benzene rings is 1. The van der Waals surface area contributed by atoms with E-state index in [4.69, 9.17) is 9.52 Å². The highest BCUT2D eigenvalue weighted by Crippen LogP contribution is 2.32. The zero-order valence-corrected chi connectivity index (χ0v) is 10.6. The van der Waals surface area contributed by atoms with E-state index in [2.05, 4.69) is 26.1 Å². The summed E-state index contributed by atoms with van der Waals surface area (Å²) in [5, 5.41) is 16.3. The van der Waals surface area contributed by atoms with E-state index in [1.165, 1.54) is 6.20 Å². The summed E-state index contributed by atoms with van der Waals surface area (Å²) in [6.45, 7) is 0. The first-order chi connectivity index (χ1) is 8.66. The van der Waals surface area contributed by atoms with Gasteiger partial charge >= 0.3 is 5.97 Å². The van der Waals surface area contributed by atoms with Crippen molar-refractivity contribution in [3.05, 3.63) is 40.5 Å². The lowest BCUT2D eigenvalue weighted by atomic mass is 10.2. The summed E-state index contributed by atoms with van der Waals surface area (Å²) in [6, 6.07) is 7.34. The summed E-state index contributed by atoms with van der Waals surface area (Å²) in [4.78, 5) is 11.0. The molecule has 0 amide bonds. The van der Waals surface area contributed by atoms with E-state index < -0.39 is 5.97 Å². The first-order valence-corrected chi connectivity index (χ1v) is 5.91. The lowest BCUT2D eigenvalue weighted by molar-refractivity contribution is 0.0697. The molecule has 2 heterocycles. The average molecular weight is 307 g/mol. The quantitative estimate of drug-likeness (QED) is 0.761. The molecule has 0 saturated heterocycles. The van der Waals surface area contributed by atoms with E-state index in [-0.39, 0.29) is 5.56 Å². The van der Waals surface area contributed by atoms with Crippen molar-refractivity contribution in [1.82, 2.24) is 10.2 Å². The Morgan fingerprint density at radius 2 is 2.28 bits per heavy atom. The number of carboxylic acid groups (broad SMARTS) is 1. The van der Waals surface area contributed by atoms with Gasteiger partial charge in [0.2, 0.25) is 0 Å². The third kappa shape index (κ3) is 1.62. The Bertz CT molecular complexity index is 745. The molecule has 2 N–H and O–H groups in total. The molecule has 3 rings (SSSR count). The van der Waals surface area contributed by atoms with Gasteiger partial charge in [0, 0.05) is 9.86 Å². The number of nitrogens with one attached hydrogen (secondary N) is 1. The number of furan rings is 1. The zero-order valence-electron chi connectivity index (χ0n) is 8.98. The molecule has 0 unspecified atom stereocenters. The van der Waals surface area contributed by atoms with E-state index in [0.29, 0.717) is 17.0 Å². The Kier molecular flexibility index (Phi) is 2.45. The van der Waals surface area contributed by atoms with Crippen molar-refractivity contribution in [2.24, 2.45) is 0 Å². The maximum Gasteiger partial charge on any atom is 0.339 e. The summed E-state index contributed by atoms with van der Waals surface area (Å²) < 4.78 is 6.51. The van der Waals surface area contributed by atoms with Gasteiger partial charge in [0.1, 0.15) is 16.8 Å². The molecule has 0 aliphatic heterocycles. The van der Waals surface area contributed by atoms with Crippen molar-refractivity contribution < 1.29 is 14.3 Å². The molecule has 5 nitrogen and oxygen atoms in total. The molecule has 0 bridgehead atoms. The van der Waals surface area contributed by atoms with Gasteiger partial charge in [-0.15, -0.1) is 0 Å². The molecular weight excluding hydrogens is 300 g/mol. The maximum absolute atomic E-state index is 11.0. The molecule has 0 fully saturated rings. The Hall–Kier alpha value is -2.08. The van der Waals surface area contributed by atoms with Gasteiger partial charge in [-0.25, -0.2) is 4.79 Å². The first-order valence-electron chi connectivity index (χ1n) is 5.12. The summed E-state index contributed by atoms with van der Waals surface area (Å²) in [7, 11) is 0. The number of carbonyl (C=O) groups is 1. The molecule has 0 spiro atoms. The number of rotatable bonds is 2. The van der Waals surface area contributed by atoms with Crippen LogP contribution in [-0.4, -0.2) is 21.3 Å². The number of hydrogen-bond acceptors (Lipinski definition) is 3. The lowest BCUT2D eigenvalue weighted by Crippen LogP contribution is -1.95. The van der Waals surface area contributed by atoms with E-state index in [1.807, 2.05) is 18.2 Å². The van der Waals surface area contributed by atoms with Crippen LogP contribution in [0.3, 0.4) is 0 Å². The van der Waals surface area contributed by atoms with Gasteiger partial charge in [-0.3, -0.25) is 5.10 Å². The van der Waals surface area contributed by atoms with Crippen LogP contribution in [0.1, 0.15) is 10.4 Å². The Morgan fingerprint density at radius 3 is 3.00 bits per heavy atom. The Labute approximate surface area is 110 Å². The highest BCUT2D eigenvalue weighted by Gasteiger charge is 2.18. The van der Waals surface area contributed by atoms with Crippen molar-refractivity contribution in [2.45, 2.75) is 0 Å². The number of aromatic amines is 1. The largest absolute Gasteiger partial charge is 0.478 e. The van der Waals surface area contributed by atoms with Gasteiger partial charge in [-0.1, -0.05) is 22.0 Å². The highest BCUT2D eigenvalue weighted by atomic mass is 79.9. The normalized spacial score (nSPS) is 10.9. The lowest BCUT2D eigenvalue weighted by Gasteiger charge is -1.93. The van der Waals surface area contributed by atoms with Gasteiger partial charge in [0.05, 0.1) is 6.20 Å². The van der Waals surface area contributed by atoms with Crippen LogP contribution in [-0.2, 0) is 0 Å². The van der Waals surface area contributed by atoms with E-state index >= 15 is 0 Å². The van der Waals surface area contributed by atoms with Gasteiger partial charge in [-0.2, -0.15) is 5.10 Å². The fourth-order valence-electron chi connectivity index (χ4n) is 1.78. The third-order valence-electron chi connectivity index (χ3n) is 2.62. The number of aromatic nitrogens is 2. The topological polar surface area (TPSA) is 79.1 Å². The second kappa shape index (κ2) is 3.99. The fraction of sp³-hybridized carbons (Fsp3) is 0. The van der Waals surface area contributed by atoms with Crippen LogP contribution in [0.25, 0.3) is 22.4 Å². The molecule has 90 valence electrons. The molecule has 3 aromatic rings. The number of hydrogen-bond donors (Lipinski definition) is 2. The smallest absolute Gasteiger partial charge is 0.339 e. The summed E-state index contributed by atoms with van der Waals surface area (Å²) in [5.41, 5.74) is 1.14. The monoisotopic (exact) mass is 306 g/mol. The number of carboxylic acids is 1. The van der Waals surface area contributed by atoms with Crippen LogP contribution < -0.4 is 0 Å². The van der Waals surface area contributed by atoms with Crippen molar-refractivity contribution in [3.8, 4) is 11.5 Å². The van der Waals surface area contributed by atoms with Crippen LogP contribution in [0, 0.1) is 0 Å². The molecule has 0 aliphatic rings. The van der Waals surface area contributed by atoms with Gasteiger partial charge in [0.25, 0.3) is 0 Å². The Balaban J connectivity index is 2.23. The van der Waals surface area contributed by atoms with E-state index in [9.17, 15) is 4.79 Å². The van der Waals surface area contributed by atoms with Crippen molar-refractivity contribution in [3.63, 3.8) is 0 Å². The molecule has 0 radical (unpaired) electrons. The number of H-pyrrole nitrogens is 1. The zero-order chi connectivity index (χ0) is 12.7. The molecular formula is C12H7BrN2O3. The van der Waals surface area contributed by atoms with Crippen LogP contribution in [0.4, 0.5) is 0 Å². The number of fused-ring (bicyclic) bond motifs is 1. The molecule has 18 heavy (non-hydrogen) atoms. The average Bonchev–Trinajstić information content (AvgIpc) is 2.95. The van der Waals surface area contributed by atoms with E-state index in [1.54, 1.807) is 6.07 Å². The molecule has 0 saturated carbocycles. The number of aromatic carboxylic acids is 1. The number of nitrogens with zero attached hydrogens (tertiary/aromatic N) is 1. The summed E-state index contributed by atoms with van der Waals surface area (Å²) in [6.07, 6.45) is 1.26. The highest BCUT2D eigenvalue weighted by molar-refractivity contribution is 9.10. The minimum absolute atomic E-state index is 0.0881. The van der Waals surface area contributed by atoms with Gasteiger partial charge < -0.3 is 9.52 Å². The second-order valence-corrected chi connectivity index (χ2v) is 4.58. The SMILES string of the molecule is O=C(O)c1cn[nH]c1-c1cc2c(Br)cccc2o1. The summed E-state index contributed by atoms with van der Waals surface area (Å²) >= 11 is 3.42. The van der Waals surface area contributed by atoms with Crippen molar-refractivity contribution in [1.29, 1.82) is 0 Å². The van der Waals surface area contributed by atoms with Crippen LogP contribution >= 0.6 is 15.9 Å². The van der Waals surface area contributed by atoms with Crippen molar-refractivity contribution >= 4 is 32.9 Å². The molecule has 0 atom stereocenters. The predicted molar refractivity (Wildman–Crippen MR) is 68.5 cm³/mol. The standard InChI is InChI=1S/C12H7BrN2O3/c13-8-2-1-3-9-6(8)4-10(18-9)11-7(12(16)17)5-14-15-11/h1-5H,(H,14,15)(H,16,17). The number of halogens is 1. The maximum atomic E-state index is 11.0. The van der Waals surface area contributed by atoms with Crippen LogP contribution in [0.2, 0.25) is 0 Å². The Morgan fingerprint density at radius 1 is 1.44 bits per heavy atom. The summed E-state index contributed by atoms with van der Waals surface area (Å²) in [5.74, 6) is -0.593. The van der Waals surface area contributed by atoms with Crippen molar-refractivity contribution in [2.75, 3.05) is 0 Å². The minimum Gasteiger partial charge on any atom is -0.478 e.